The number of rotatable bonds is 7. The Balaban J connectivity index is 1.63. The molecule has 7 nitrogen and oxygen atoms in total. The molecule has 3 aromatic rings. The highest BCUT2D eigenvalue weighted by atomic mass is 16.2. The van der Waals surface area contributed by atoms with Gasteiger partial charge in [0.1, 0.15) is 17.8 Å². The number of amides is 2. The number of nitrogens with zero attached hydrogens (tertiary/aromatic N) is 3. The van der Waals surface area contributed by atoms with Crippen LogP contribution < -0.4 is 10.6 Å². The van der Waals surface area contributed by atoms with Crippen molar-refractivity contribution in [3.8, 4) is 5.82 Å². The molecule has 156 valence electrons. The predicted molar refractivity (Wildman–Crippen MR) is 117 cm³/mol. The molecule has 0 aliphatic carbocycles. The van der Waals surface area contributed by atoms with Crippen LogP contribution in [0.3, 0.4) is 0 Å². The molecule has 2 N–H and O–H groups in total. The van der Waals surface area contributed by atoms with Gasteiger partial charge in [-0.1, -0.05) is 43.7 Å². The number of carbonyl (C=O) groups is 2. The Labute approximate surface area is 176 Å². The van der Waals surface area contributed by atoms with Gasteiger partial charge in [-0.3, -0.25) is 14.2 Å². The standard InChI is InChI=1S/C23H27N5O2/c1-15(2)11-22(29)27-19-9-10-21(24-12-19)28-13-20(25-14-28)23(30)26-17(4)18-7-5-16(3)6-8-18/h5-10,12-15,17H,11H2,1-4H3,(H,26,30)(H,27,29). The van der Waals surface area contributed by atoms with Crippen molar-refractivity contribution in [3.05, 3.63) is 71.9 Å². The molecule has 2 aromatic heterocycles. The minimum absolute atomic E-state index is 0.0381. The van der Waals surface area contributed by atoms with E-state index in [1.807, 2.05) is 52.0 Å². The van der Waals surface area contributed by atoms with Crippen LogP contribution in [0.1, 0.15) is 54.8 Å². The average Bonchev–Trinajstić information content (AvgIpc) is 3.18. The van der Waals surface area contributed by atoms with E-state index in [1.165, 1.54) is 5.56 Å². The number of carbonyl (C=O) groups excluding carboxylic acids is 2. The fourth-order valence-electron chi connectivity index (χ4n) is 2.97. The second kappa shape index (κ2) is 9.35. The number of hydrogen-bond acceptors (Lipinski definition) is 4. The molecule has 1 unspecified atom stereocenters. The molecule has 0 bridgehead atoms. The third-order valence-corrected chi connectivity index (χ3v) is 4.63. The first kappa shape index (κ1) is 21.2. The monoisotopic (exact) mass is 405 g/mol. The van der Waals surface area contributed by atoms with Gasteiger partial charge in [0.2, 0.25) is 5.91 Å². The first-order valence-corrected chi connectivity index (χ1v) is 9.99. The summed E-state index contributed by atoms with van der Waals surface area (Å²) in [5, 5.41) is 5.79. The molecule has 1 aromatic carbocycles. The van der Waals surface area contributed by atoms with E-state index in [9.17, 15) is 9.59 Å². The zero-order chi connectivity index (χ0) is 21.7. The highest BCUT2D eigenvalue weighted by Crippen LogP contribution is 2.15. The van der Waals surface area contributed by atoms with E-state index in [0.29, 0.717) is 29.5 Å². The topological polar surface area (TPSA) is 88.9 Å². The number of pyridine rings is 1. The Kier molecular flexibility index (Phi) is 6.61. The van der Waals surface area contributed by atoms with Crippen LogP contribution in [0.2, 0.25) is 0 Å². The molecule has 0 saturated carbocycles. The lowest BCUT2D eigenvalue weighted by Gasteiger charge is -2.13. The van der Waals surface area contributed by atoms with Crippen LogP contribution in [0.15, 0.2) is 55.1 Å². The Morgan fingerprint density at radius 2 is 1.77 bits per heavy atom. The van der Waals surface area contributed by atoms with Crippen molar-refractivity contribution in [2.24, 2.45) is 5.92 Å². The van der Waals surface area contributed by atoms with Gasteiger partial charge in [0, 0.05) is 12.6 Å². The van der Waals surface area contributed by atoms with Crippen molar-refractivity contribution in [3.63, 3.8) is 0 Å². The SMILES string of the molecule is Cc1ccc(C(C)NC(=O)c2cn(-c3ccc(NC(=O)CC(C)C)cn3)cn2)cc1. The highest BCUT2D eigenvalue weighted by Gasteiger charge is 2.14. The summed E-state index contributed by atoms with van der Waals surface area (Å²) in [4.78, 5) is 33.0. The summed E-state index contributed by atoms with van der Waals surface area (Å²) in [6.07, 6.45) is 5.23. The van der Waals surface area contributed by atoms with Crippen molar-refractivity contribution in [1.29, 1.82) is 0 Å². The maximum atomic E-state index is 12.5. The lowest BCUT2D eigenvalue weighted by Crippen LogP contribution is -2.26. The molecule has 0 radical (unpaired) electrons. The molecular weight excluding hydrogens is 378 g/mol. The number of hydrogen-bond donors (Lipinski definition) is 2. The number of imidazole rings is 1. The number of nitrogens with one attached hydrogen (secondary N) is 2. The van der Waals surface area contributed by atoms with Crippen LogP contribution in [-0.4, -0.2) is 26.3 Å². The van der Waals surface area contributed by atoms with Crippen LogP contribution in [-0.2, 0) is 4.79 Å². The Morgan fingerprint density at radius 3 is 2.40 bits per heavy atom. The molecule has 1 atom stereocenters. The lowest BCUT2D eigenvalue weighted by molar-refractivity contribution is -0.116. The van der Waals surface area contributed by atoms with Crippen molar-refractivity contribution >= 4 is 17.5 Å². The number of anilines is 1. The normalized spacial score (nSPS) is 11.9. The molecular formula is C23H27N5O2. The van der Waals surface area contributed by atoms with Gasteiger partial charge in [0.25, 0.3) is 5.91 Å². The molecule has 2 heterocycles. The smallest absolute Gasteiger partial charge is 0.271 e. The molecule has 0 saturated heterocycles. The van der Waals surface area contributed by atoms with E-state index in [4.69, 9.17) is 0 Å². The van der Waals surface area contributed by atoms with Gasteiger partial charge in [-0.05, 0) is 37.5 Å². The van der Waals surface area contributed by atoms with Gasteiger partial charge in [0.15, 0.2) is 0 Å². The van der Waals surface area contributed by atoms with Crippen LogP contribution in [0, 0.1) is 12.8 Å². The Morgan fingerprint density at radius 1 is 1.03 bits per heavy atom. The van der Waals surface area contributed by atoms with Crippen molar-refractivity contribution < 1.29 is 9.59 Å². The highest BCUT2D eigenvalue weighted by molar-refractivity contribution is 5.92. The number of benzene rings is 1. The van der Waals surface area contributed by atoms with Gasteiger partial charge in [0.05, 0.1) is 17.9 Å². The van der Waals surface area contributed by atoms with Crippen LogP contribution >= 0.6 is 0 Å². The van der Waals surface area contributed by atoms with Crippen molar-refractivity contribution in [2.45, 2.75) is 40.2 Å². The van der Waals surface area contributed by atoms with E-state index in [0.717, 1.165) is 5.56 Å². The van der Waals surface area contributed by atoms with Gasteiger partial charge in [-0.25, -0.2) is 9.97 Å². The summed E-state index contributed by atoms with van der Waals surface area (Å²) in [6.45, 7) is 7.96. The van der Waals surface area contributed by atoms with E-state index >= 15 is 0 Å². The summed E-state index contributed by atoms with van der Waals surface area (Å²) >= 11 is 0. The van der Waals surface area contributed by atoms with Crippen LogP contribution in [0.4, 0.5) is 5.69 Å². The molecule has 30 heavy (non-hydrogen) atoms. The minimum Gasteiger partial charge on any atom is -0.344 e. The largest absolute Gasteiger partial charge is 0.344 e. The minimum atomic E-state index is -0.251. The predicted octanol–water partition coefficient (Wildman–Crippen LogP) is 4.05. The van der Waals surface area contributed by atoms with Gasteiger partial charge in [-0.15, -0.1) is 0 Å². The first-order chi connectivity index (χ1) is 14.3. The van der Waals surface area contributed by atoms with E-state index in [1.54, 1.807) is 35.4 Å². The summed E-state index contributed by atoms with van der Waals surface area (Å²) in [7, 11) is 0. The van der Waals surface area contributed by atoms with Gasteiger partial charge in [-0.2, -0.15) is 0 Å². The van der Waals surface area contributed by atoms with E-state index in [2.05, 4.69) is 20.6 Å². The molecule has 0 aliphatic heterocycles. The number of aromatic nitrogens is 3. The first-order valence-electron chi connectivity index (χ1n) is 9.99. The maximum Gasteiger partial charge on any atom is 0.271 e. The molecule has 2 amide bonds. The Bertz CT molecular complexity index is 1010. The summed E-state index contributed by atoms with van der Waals surface area (Å²) in [5.41, 5.74) is 3.15. The molecule has 0 spiro atoms. The quantitative estimate of drug-likeness (QED) is 0.621. The molecule has 7 heteroatoms. The third-order valence-electron chi connectivity index (χ3n) is 4.63. The van der Waals surface area contributed by atoms with E-state index < -0.39 is 0 Å². The number of aryl methyl sites for hydroxylation is 1. The van der Waals surface area contributed by atoms with Crippen LogP contribution in [0.5, 0.6) is 0 Å². The maximum absolute atomic E-state index is 12.5. The molecule has 0 fully saturated rings. The summed E-state index contributed by atoms with van der Waals surface area (Å²) < 4.78 is 1.67. The summed E-state index contributed by atoms with van der Waals surface area (Å²) in [5.74, 6) is 0.611. The lowest BCUT2D eigenvalue weighted by atomic mass is 10.1. The zero-order valence-corrected chi connectivity index (χ0v) is 17.7. The third kappa shape index (κ3) is 5.53. The average molecular weight is 406 g/mol. The zero-order valence-electron chi connectivity index (χ0n) is 17.7. The van der Waals surface area contributed by atoms with Crippen molar-refractivity contribution in [1.82, 2.24) is 19.9 Å². The van der Waals surface area contributed by atoms with Crippen molar-refractivity contribution in [2.75, 3.05) is 5.32 Å². The Hall–Kier alpha value is -3.48. The van der Waals surface area contributed by atoms with Crippen LogP contribution in [0.25, 0.3) is 5.82 Å². The fraction of sp³-hybridized carbons (Fsp3) is 0.304. The second-order valence-corrected chi connectivity index (χ2v) is 7.82. The molecule has 0 aliphatic rings. The van der Waals surface area contributed by atoms with Gasteiger partial charge >= 0.3 is 0 Å². The summed E-state index contributed by atoms with van der Waals surface area (Å²) in [6, 6.07) is 11.5. The second-order valence-electron chi connectivity index (χ2n) is 7.82. The van der Waals surface area contributed by atoms with Gasteiger partial charge < -0.3 is 10.6 Å². The van der Waals surface area contributed by atoms with E-state index in [-0.39, 0.29) is 17.9 Å². The molecule has 3 rings (SSSR count). The fourth-order valence-corrected chi connectivity index (χ4v) is 2.97.